The maximum atomic E-state index is 11.4. The molecular formula is C9H9N5O2. The van der Waals surface area contributed by atoms with E-state index in [2.05, 4.69) is 20.8 Å². The van der Waals surface area contributed by atoms with Crippen molar-refractivity contribution in [2.24, 2.45) is 0 Å². The third-order valence-corrected chi connectivity index (χ3v) is 2.32. The summed E-state index contributed by atoms with van der Waals surface area (Å²) in [5.74, 6) is -0.250. The fourth-order valence-electron chi connectivity index (χ4n) is 1.49. The Morgan fingerprint density at radius 3 is 3.06 bits per heavy atom. The molecule has 82 valence electrons. The van der Waals surface area contributed by atoms with Crippen molar-refractivity contribution in [2.45, 2.75) is 18.9 Å². The van der Waals surface area contributed by atoms with Gasteiger partial charge in [-0.3, -0.25) is 20.0 Å². The van der Waals surface area contributed by atoms with E-state index in [-0.39, 0.29) is 11.8 Å². The lowest BCUT2D eigenvalue weighted by atomic mass is 10.1. The van der Waals surface area contributed by atoms with E-state index in [1.54, 1.807) is 0 Å². The maximum Gasteiger partial charge on any atom is 0.249 e. The van der Waals surface area contributed by atoms with Crippen LogP contribution in [0.15, 0.2) is 6.20 Å². The van der Waals surface area contributed by atoms with Crippen LogP contribution in [0.5, 0.6) is 0 Å². The van der Waals surface area contributed by atoms with Gasteiger partial charge >= 0.3 is 0 Å². The molecule has 0 aromatic carbocycles. The summed E-state index contributed by atoms with van der Waals surface area (Å²) >= 11 is 0. The van der Waals surface area contributed by atoms with Crippen molar-refractivity contribution >= 4 is 17.6 Å². The topological polar surface area (TPSA) is 111 Å². The van der Waals surface area contributed by atoms with Crippen molar-refractivity contribution in [3.63, 3.8) is 0 Å². The first-order valence-corrected chi connectivity index (χ1v) is 4.74. The van der Waals surface area contributed by atoms with E-state index < -0.39 is 6.04 Å². The molecular weight excluding hydrogens is 210 g/mol. The molecule has 0 saturated carbocycles. The molecule has 1 unspecified atom stereocenters. The zero-order valence-electron chi connectivity index (χ0n) is 8.28. The molecule has 1 aromatic heterocycles. The summed E-state index contributed by atoms with van der Waals surface area (Å²) in [7, 11) is 0. The largest absolute Gasteiger partial charge is 0.358 e. The second kappa shape index (κ2) is 4.02. The molecule has 2 amide bonds. The molecule has 1 aromatic rings. The lowest BCUT2D eigenvalue weighted by Crippen LogP contribution is -2.47. The SMILES string of the molecule is N#Cc1cn[nH]c1NC1CCC(=O)NC1=O. The molecule has 1 saturated heterocycles. The normalized spacial score (nSPS) is 20.1. The van der Waals surface area contributed by atoms with E-state index in [1.165, 1.54) is 6.20 Å². The van der Waals surface area contributed by atoms with Gasteiger partial charge in [-0.15, -0.1) is 0 Å². The molecule has 1 aliphatic rings. The van der Waals surface area contributed by atoms with Crippen molar-refractivity contribution in [2.75, 3.05) is 5.32 Å². The maximum absolute atomic E-state index is 11.4. The third kappa shape index (κ3) is 1.86. The minimum Gasteiger partial charge on any atom is -0.358 e. The summed E-state index contributed by atoms with van der Waals surface area (Å²) in [5, 5.41) is 20.1. The molecule has 3 N–H and O–H groups in total. The van der Waals surface area contributed by atoms with Gasteiger partial charge < -0.3 is 5.32 Å². The van der Waals surface area contributed by atoms with Crippen LogP contribution in [0, 0.1) is 11.3 Å². The molecule has 0 aliphatic carbocycles. The van der Waals surface area contributed by atoms with Gasteiger partial charge in [-0.2, -0.15) is 10.4 Å². The number of piperidine rings is 1. The van der Waals surface area contributed by atoms with Crippen LogP contribution >= 0.6 is 0 Å². The van der Waals surface area contributed by atoms with Gasteiger partial charge in [-0.25, -0.2) is 0 Å². The fourth-order valence-corrected chi connectivity index (χ4v) is 1.49. The van der Waals surface area contributed by atoms with Crippen LogP contribution < -0.4 is 10.6 Å². The summed E-state index contributed by atoms with van der Waals surface area (Å²) in [6.07, 6.45) is 2.07. The third-order valence-electron chi connectivity index (χ3n) is 2.32. The first-order valence-electron chi connectivity index (χ1n) is 4.74. The second-order valence-corrected chi connectivity index (χ2v) is 3.42. The number of amides is 2. The predicted octanol–water partition coefficient (Wildman–Crippen LogP) is -0.502. The number of aromatic amines is 1. The zero-order chi connectivity index (χ0) is 11.5. The van der Waals surface area contributed by atoms with Gasteiger partial charge in [0.05, 0.1) is 6.20 Å². The molecule has 16 heavy (non-hydrogen) atoms. The summed E-state index contributed by atoms with van der Waals surface area (Å²) < 4.78 is 0. The van der Waals surface area contributed by atoms with E-state index >= 15 is 0 Å². The number of anilines is 1. The Hall–Kier alpha value is -2.36. The van der Waals surface area contributed by atoms with Gasteiger partial charge in [0.25, 0.3) is 0 Å². The first kappa shape index (κ1) is 10.2. The Bertz CT molecular complexity index is 472. The Morgan fingerprint density at radius 1 is 1.56 bits per heavy atom. The number of nitrogens with one attached hydrogen (secondary N) is 3. The van der Waals surface area contributed by atoms with Crippen molar-refractivity contribution < 1.29 is 9.59 Å². The van der Waals surface area contributed by atoms with Gasteiger partial charge in [0.1, 0.15) is 23.5 Å². The van der Waals surface area contributed by atoms with Crippen LogP contribution in [0.4, 0.5) is 5.82 Å². The van der Waals surface area contributed by atoms with Crippen LogP contribution in [0.25, 0.3) is 0 Å². The van der Waals surface area contributed by atoms with E-state index in [1.807, 2.05) is 6.07 Å². The average molecular weight is 219 g/mol. The van der Waals surface area contributed by atoms with Crippen LogP contribution in [0.2, 0.25) is 0 Å². The highest BCUT2D eigenvalue weighted by Gasteiger charge is 2.27. The van der Waals surface area contributed by atoms with Gasteiger partial charge in [-0.05, 0) is 6.42 Å². The number of nitriles is 1. The minimum absolute atomic E-state index is 0.270. The standard InChI is InChI=1S/C9H9N5O2/c10-3-5-4-11-14-8(5)12-6-1-2-7(15)13-9(6)16/h4,6H,1-2H2,(H2,11,12,14)(H,13,15,16). The number of carbonyl (C=O) groups is 2. The van der Waals surface area contributed by atoms with Gasteiger partial charge in [0.2, 0.25) is 11.8 Å². The van der Waals surface area contributed by atoms with Crippen LogP contribution in [0.1, 0.15) is 18.4 Å². The molecule has 1 aliphatic heterocycles. The number of hydrogen-bond acceptors (Lipinski definition) is 5. The molecule has 2 rings (SSSR count). The lowest BCUT2D eigenvalue weighted by molar-refractivity contribution is -0.133. The molecule has 2 heterocycles. The van der Waals surface area contributed by atoms with Crippen molar-refractivity contribution in [1.29, 1.82) is 5.26 Å². The van der Waals surface area contributed by atoms with Crippen molar-refractivity contribution in [1.82, 2.24) is 15.5 Å². The average Bonchev–Trinajstić information content (AvgIpc) is 2.69. The van der Waals surface area contributed by atoms with Crippen LogP contribution in [-0.4, -0.2) is 28.1 Å². The van der Waals surface area contributed by atoms with E-state index in [9.17, 15) is 9.59 Å². The van der Waals surface area contributed by atoms with E-state index in [4.69, 9.17) is 5.26 Å². The fraction of sp³-hybridized carbons (Fsp3) is 0.333. The van der Waals surface area contributed by atoms with Crippen molar-refractivity contribution in [3.05, 3.63) is 11.8 Å². The van der Waals surface area contributed by atoms with Crippen LogP contribution in [-0.2, 0) is 9.59 Å². The number of hydrogen-bond donors (Lipinski definition) is 3. The molecule has 0 radical (unpaired) electrons. The molecule has 0 bridgehead atoms. The van der Waals surface area contributed by atoms with E-state index in [0.29, 0.717) is 24.2 Å². The molecule has 7 nitrogen and oxygen atoms in total. The lowest BCUT2D eigenvalue weighted by Gasteiger charge is -2.21. The highest BCUT2D eigenvalue weighted by atomic mass is 16.2. The Labute approximate surface area is 90.8 Å². The number of aromatic nitrogens is 2. The quantitative estimate of drug-likeness (QED) is 0.580. The highest BCUT2D eigenvalue weighted by molar-refractivity contribution is 6.01. The number of nitrogens with zero attached hydrogens (tertiary/aromatic N) is 2. The molecule has 7 heteroatoms. The monoisotopic (exact) mass is 219 g/mol. The number of imide groups is 1. The Balaban J connectivity index is 2.08. The summed E-state index contributed by atoms with van der Waals surface area (Å²) in [6, 6.07) is 1.42. The van der Waals surface area contributed by atoms with Gasteiger partial charge in [0, 0.05) is 6.42 Å². The second-order valence-electron chi connectivity index (χ2n) is 3.42. The highest BCUT2D eigenvalue weighted by Crippen LogP contribution is 2.14. The number of H-pyrrole nitrogens is 1. The Kier molecular flexibility index (Phi) is 2.55. The summed E-state index contributed by atoms with van der Waals surface area (Å²) in [4.78, 5) is 22.3. The number of rotatable bonds is 2. The van der Waals surface area contributed by atoms with Gasteiger partial charge in [-0.1, -0.05) is 0 Å². The van der Waals surface area contributed by atoms with E-state index in [0.717, 1.165) is 0 Å². The predicted molar refractivity (Wildman–Crippen MR) is 53.1 cm³/mol. The van der Waals surface area contributed by atoms with Crippen LogP contribution in [0.3, 0.4) is 0 Å². The molecule has 1 fully saturated rings. The summed E-state index contributed by atoms with van der Waals surface area (Å²) in [6.45, 7) is 0. The minimum atomic E-state index is -0.509. The Morgan fingerprint density at radius 2 is 2.38 bits per heavy atom. The summed E-state index contributed by atoms with van der Waals surface area (Å²) in [5.41, 5.74) is 0.338. The molecule has 1 atom stereocenters. The first-order chi connectivity index (χ1) is 7.70. The molecule has 0 spiro atoms. The zero-order valence-corrected chi connectivity index (χ0v) is 8.28. The van der Waals surface area contributed by atoms with Gasteiger partial charge in [0.15, 0.2) is 0 Å². The smallest absolute Gasteiger partial charge is 0.249 e. The number of carbonyl (C=O) groups excluding carboxylic acids is 2. The van der Waals surface area contributed by atoms with Crippen molar-refractivity contribution in [3.8, 4) is 6.07 Å².